The number of methoxy groups -OCH3 is 1. The number of carbonyl (C=O) groups excluding carboxylic acids is 2. The number of nitrogens with zero attached hydrogens (tertiary/aromatic N) is 2. The molecule has 0 spiro atoms. The number of esters is 1. The lowest BCUT2D eigenvalue weighted by Gasteiger charge is -2.09. The van der Waals surface area contributed by atoms with E-state index in [2.05, 4.69) is 4.99 Å². The maximum absolute atomic E-state index is 13.8. The van der Waals surface area contributed by atoms with Crippen LogP contribution in [0.2, 0.25) is 5.02 Å². The molecule has 0 saturated carbocycles. The number of benzene rings is 3. The molecule has 6 nitrogen and oxygen atoms in total. The minimum absolute atomic E-state index is 0.0480. The number of hydrogen-bond donors (Lipinski definition) is 0. The number of likely N-dealkylation sites (N-methyl/N-ethyl adjacent to an activating group) is 1. The van der Waals surface area contributed by atoms with E-state index in [1.54, 1.807) is 73.8 Å². The molecule has 1 heterocycles. The van der Waals surface area contributed by atoms with Gasteiger partial charge in [-0.15, -0.1) is 0 Å². The molecule has 178 valence electrons. The van der Waals surface area contributed by atoms with Crippen LogP contribution in [-0.2, 0) is 16.1 Å². The van der Waals surface area contributed by atoms with Crippen molar-refractivity contribution >= 4 is 52.2 Å². The number of carbonyl (C=O) groups is 2. The van der Waals surface area contributed by atoms with Crippen molar-refractivity contribution in [3.8, 4) is 5.75 Å². The molecule has 4 rings (SSSR count). The summed E-state index contributed by atoms with van der Waals surface area (Å²) in [7, 11) is 2.96. The molecule has 1 amide bonds. The quantitative estimate of drug-likeness (QED) is 0.297. The van der Waals surface area contributed by atoms with Crippen LogP contribution in [0.5, 0.6) is 5.75 Å². The average Bonchev–Trinajstić information content (AvgIpc) is 3.12. The van der Waals surface area contributed by atoms with Crippen molar-refractivity contribution in [2.24, 2.45) is 4.99 Å². The Labute approximate surface area is 211 Å². The zero-order valence-corrected chi connectivity index (χ0v) is 20.4. The lowest BCUT2D eigenvalue weighted by molar-refractivity contribution is -0.121. The summed E-state index contributed by atoms with van der Waals surface area (Å²) >= 11 is 7.59. The van der Waals surface area contributed by atoms with Crippen LogP contribution in [0.1, 0.15) is 21.5 Å². The molecule has 3 aromatic carbocycles. The molecule has 1 saturated heterocycles. The molecule has 35 heavy (non-hydrogen) atoms. The van der Waals surface area contributed by atoms with Crippen molar-refractivity contribution in [3.05, 3.63) is 99.2 Å². The van der Waals surface area contributed by atoms with E-state index in [0.717, 1.165) is 0 Å². The molecule has 9 heteroatoms. The fraction of sp³-hybridized carbons (Fsp3) is 0.115. The van der Waals surface area contributed by atoms with Crippen LogP contribution in [-0.4, -0.2) is 36.1 Å². The number of aliphatic imine (C=N–C) groups is 1. The Bertz CT molecular complexity index is 1340. The zero-order chi connectivity index (χ0) is 24.9. The van der Waals surface area contributed by atoms with Gasteiger partial charge < -0.3 is 9.47 Å². The van der Waals surface area contributed by atoms with Gasteiger partial charge in [-0.05, 0) is 65.9 Å². The number of amides is 1. The van der Waals surface area contributed by atoms with Crippen LogP contribution in [0, 0.1) is 5.82 Å². The summed E-state index contributed by atoms with van der Waals surface area (Å²) in [4.78, 5) is 30.8. The number of thioether (sulfide) groups is 1. The first kappa shape index (κ1) is 24.5. The smallest absolute Gasteiger partial charge is 0.337 e. The second-order valence-corrected chi connectivity index (χ2v) is 8.89. The third-order valence-corrected chi connectivity index (χ3v) is 6.47. The Morgan fingerprint density at radius 3 is 2.57 bits per heavy atom. The van der Waals surface area contributed by atoms with E-state index in [1.807, 2.05) is 0 Å². The van der Waals surface area contributed by atoms with E-state index >= 15 is 0 Å². The average molecular weight is 511 g/mol. The summed E-state index contributed by atoms with van der Waals surface area (Å²) in [6, 6.07) is 18.1. The number of rotatable bonds is 6. The van der Waals surface area contributed by atoms with E-state index in [9.17, 15) is 14.0 Å². The van der Waals surface area contributed by atoms with Gasteiger partial charge in [-0.1, -0.05) is 35.9 Å². The van der Waals surface area contributed by atoms with Gasteiger partial charge >= 0.3 is 5.97 Å². The minimum atomic E-state index is -0.431. The van der Waals surface area contributed by atoms with Gasteiger partial charge in [0.15, 0.2) is 5.17 Å². The Morgan fingerprint density at radius 2 is 1.89 bits per heavy atom. The molecule has 1 aliphatic heterocycles. The highest BCUT2D eigenvalue weighted by molar-refractivity contribution is 8.18. The fourth-order valence-corrected chi connectivity index (χ4v) is 4.43. The molecule has 0 bridgehead atoms. The molecular formula is C26H20ClFN2O4S. The summed E-state index contributed by atoms with van der Waals surface area (Å²) in [5, 5.41) is 0.849. The van der Waals surface area contributed by atoms with Gasteiger partial charge in [-0.2, -0.15) is 0 Å². The van der Waals surface area contributed by atoms with Gasteiger partial charge in [-0.3, -0.25) is 9.69 Å². The van der Waals surface area contributed by atoms with Crippen LogP contribution in [0.15, 0.2) is 76.6 Å². The molecule has 1 aliphatic rings. The highest BCUT2D eigenvalue weighted by Gasteiger charge is 2.30. The Hall–Kier alpha value is -3.62. The number of ether oxygens (including phenoxy) is 2. The Morgan fingerprint density at radius 1 is 1.14 bits per heavy atom. The van der Waals surface area contributed by atoms with E-state index in [-0.39, 0.29) is 18.3 Å². The Kier molecular flexibility index (Phi) is 7.53. The third-order valence-electron chi connectivity index (χ3n) is 5.11. The van der Waals surface area contributed by atoms with E-state index in [1.165, 1.54) is 29.8 Å². The number of amidine groups is 1. The van der Waals surface area contributed by atoms with E-state index in [0.29, 0.717) is 43.2 Å². The van der Waals surface area contributed by atoms with Crippen LogP contribution in [0.25, 0.3) is 6.08 Å². The number of hydrogen-bond acceptors (Lipinski definition) is 6. The second kappa shape index (κ2) is 10.8. The summed E-state index contributed by atoms with van der Waals surface area (Å²) in [5.74, 6) is -0.560. The molecule has 3 aromatic rings. The van der Waals surface area contributed by atoms with Crippen LogP contribution >= 0.6 is 23.4 Å². The molecule has 0 aromatic heterocycles. The van der Waals surface area contributed by atoms with Crippen LogP contribution in [0.3, 0.4) is 0 Å². The second-order valence-electron chi connectivity index (χ2n) is 7.48. The van der Waals surface area contributed by atoms with Gasteiger partial charge in [-0.25, -0.2) is 14.2 Å². The maximum atomic E-state index is 13.8. The van der Waals surface area contributed by atoms with Crippen molar-refractivity contribution in [1.29, 1.82) is 0 Å². The first-order chi connectivity index (χ1) is 16.9. The van der Waals surface area contributed by atoms with Gasteiger partial charge in [0.25, 0.3) is 5.91 Å². The van der Waals surface area contributed by atoms with Gasteiger partial charge in [0, 0.05) is 12.6 Å². The highest BCUT2D eigenvalue weighted by Crippen LogP contribution is 2.34. The topological polar surface area (TPSA) is 68.2 Å². The largest absolute Gasteiger partial charge is 0.487 e. The first-order valence-electron chi connectivity index (χ1n) is 10.5. The molecule has 0 unspecified atom stereocenters. The lowest BCUT2D eigenvalue weighted by atomic mass is 10.2. The Balaban J connectivity index is 1.48. The van der Waals surface area contributed by atoms with Crippen molar-refractivity contribution in [2.75, 3.05) is 14.2 Å². The highest BCUT2D eigenvalue weighted by atomic mass is 35.5. The predicted octanol–water partition coefficient (Wildman–Crippen LogP) is 6.08. The summed E-state index contributed by atoms with van der Waals surface area (Å²) in [6.45, 7) is 0.0480. The van der Waals surface area contributed by atoms with Crippen molar-refractivity contribution in [3.63, 3.8) is 0 Å². The SMILES string of the molecule is COC(=O)c1ccc(N=C2S/C(=C\c3ccc(OCc4ccccc4F)c(Cl)c3)C(=O)N2C)cc1. The van der Waals surface area contributed by atoms with Gasteiger partial charge in [0.1, 0.15) is 18.2 Å². The normalized spacial score (nSPS) is 15.7. The first-order valence-corrected chi connectivity index (χ1v) is 11.7. The standard InChI is InChI=1S/C26H20ClFN2O4S/c1-30-24(31)23(35-26(30)29-19-10-8-17(9-11-19)25(32)33-2)14-16-7-12-22(20(27)13-16)34-15-18-5-3-4-6-21(18)28/h3-14H,15H2,1-2H3/b23-14-,29-26?. The van der Waals surface area contributed by atoms with Crippen molar-refractivity contribution < 1.29 is 23.5 Å². The van der Waals surface area contributed by atoms with Crippen molar-refractivity contribution in [2.45, 2.75) is 6.61 Å². The number of halogens is 2. The molecule has 0 aliphatic carbocycles. The molecule has 0 radical (unpaired) electrons. The predicted molar refractivity (Wildman–Crippen MR) is 135 cm³/mol. The maximum Gasteiger partial charge on any atom is 0.337 e. The fourth-order valence-electron chi connectivity index (χ4n) is 3.20. The third kappa shape index (κ3) is 5.72. The van der Waals surface area contributed by atoms with Gasteiger partial charge in [0.05, 0.1) is 28.3 Å². The minimum Gasteiger partial charge on any atom is -0.487 e. The summed E-state index contributed by atoms with van der Waals surface area (Å²) in [5.41, 5.74) is 2.15. The zero-order valence-electron chi connectivity index (χ0n) is 18.8. The van der Waals surface area contributed by atoms with E-state index in [4.69, 9.17) is 21.1 Å². The molecule has 1 fully saturated rings. The van der Waals surface area contributed by atoms with Gasteiger partial charge in [0.2, 0.25) is 0 Å². The summed E-state index contributed by atoms with van der Waals surface area (Å²) < 4.78 is 24.2. The van der Waals surface area contributed by atoms with Crippen LogP contribution in [0.4, 0.5) is 10.1 Å². The lowest BCUT2D eigenvalue weighted by Crippen LogP contribution is -2.23. The molecule has 0 N–H and O–H groups in total. The van der Waals surface area contributed by atoms with Crippen molar-refractivity contribution in [1.82, 2.24) is 4.90 Å². The molecule has 0 atom stereocenters. The monoisotopic (exact) mass is 510 g/mol. The molecular weight excluding hydrogens is 491 g/mol. The summed E-state index contributed by atoms with van der Waals surface area (Å²) in [6.07, 6.45) is 1.72. The van der Waals surface area contributed by atoms with E-state index < -0.39 is 5.97 Å². The van der Waals surface area contributed by atoms with Crippen LogP contribution < -0.4 is 4.74 Å².